The second kappa shape index (κ2) is 7.44. The second-order valence-corrected chi connectivity index (χ2v) is 3.52. The zero-order valence-electron chi connectivity index (χ0n) is 10.6. The number of carbonyl (C=O) groups excluding carboxylic acids is 1. The maximum Gasteiger partial charge on any atom is 0.325 e. The first kappa shape index (κ1) is 14.2. The van der Waals surface area contributed by atoms with Crippen molar-refractivity contribution in [2.24, 2.45) is 0 Å². The summed E-state index contributed by atoms with van der Waals surface area (Å²) in [5.74, 6) is 0.511. The Hall–Kier alpha value is -1.89. The van der Waals surface area contributed by atoms with E-state index in [1.54, 1.807) is 25.1 Å². The van der Waals surface area contributed by atoms with Crippen LogP contribution in [0.2, 0.25) is 0 Å². The molecule has 1 heterocycles. The monoisotopic (exact) mass is 254 g/mol. The average Bonchev–Trinajstić information content (AvgIpc) is 2.34. The fourth-order valence-electron chi connectivity index (χ4n) is 1.36. The topological polar surface area (TPSA) is 90.6 Å². The minimum absolute atomic E-state index is 0.0926. The summed E-state index contributed by atoms with van der Waals surface area (Å²) in [6.45, 7) is 3.18. The SMILES string of the molecule is CCOC(=O)CN(CCOC)c1cncc(N)n1. The number of carbonyl (C=O) groups is 1. The van der Waals surface area contributed by atoms with Crippen molar-refractivity contribution in [2.45, 2.75) is 6.92 Å². The first-order valence-corrected chi connectivity index (χ1v) is 5.64. The molecule has 2 N–H and O–H groups in total. The van der Waals surface area contributed by atoms with Gasteiger partial charge in [0.2, 0.25) is 0 Å². The molecule has 7 nitrogen and oxygen atoms in total. The Morgan fingerprint density at radius 2 is 2.28 bits per heavy atom. The number of aromatic nitrogens is 2. The van der Waals surface area contributed by atoms with Crippen molar-refractivity contribution in [3.05, 3.63) is 12.4 Å². The number of methoxy groups -OCH3 is 1. The summed E-state index contributed by atoms with van der Waals surface area (Å²) in [6, 6.07) is 0. The number of ether oxygens (including phenoxy) is 2. The largest absolute Gasteiger partial charge is 0.465 e. The Morgan fingerprint density at radius 1 is 1.50 bits per heavy atom. The van der Waals surface area contributed by atoms with Gasteiger partial charge in [-0.2, -0.15) is 0 Å². The van der Waals surface area contributed by atoms with Crippen molar-refractivity contribution in [3.8, 4) is 0 Å². The Labute approximate surface area is 106 Å². The molecule has 0 unspecified atom stereocenters. The van der Waals surface area contributed by atoms with E-state index in [0.717, 1.165) is 0 Å². The van der Waals surface area contributed by atoms with E-state index >= 15 is 0 Å². The molecule has 100 valence electrons. The minimum atomic E-state index is -0.321. The summed E-state index contributed by atoms with van der Waals surface area (Å²) in [5, 5.41) is 0. The van der Waals surface area contributed by atoms with Crippen molar-refractivity contribution in [3.63, 3.8) is 0 Å². The van der Waals surface area contributed by atoms with Crippen LogP contribution in [0.4, 0.5) is 11.6 Å². The summed E-state index contributed by atoms with van der Waals surface area (Å²) in [4.78, 5) is 21.3. The van der Waals surface area contributed by atoms with Gasteiger partial charge >= 0.3 is 5.97 Å². The number of hydrogen-bond donors (Lipinski definition) is 1. The highest BCUT2D eigenvalue weighted by Gasteiger charge is 2.14. The predicted octanol–water partition coefficient (Wildman–Crippen LogP) is 0.0747. The van der Waals surface area contributed by atoms with E-state index in [0.29, 0.717) is 31.4 Å². The third-order valence-corrected chi connectivity index (χ3v) is 2.16. The molecule has 0 aromatic carbocycles. The lowest BCUT2D eigenvalue weighted by Crippen LogP contribution is -2.34. The van der Waals surface area contributed by atoms with Crippen LogP contribution < -0.4 is 10.6 Å². The van der Waals surface area contributed by atoms with Crippen LogP contribution in [0.25, 0.3) is 0 Å². The Balaban J connectivity index is 2.74. The van der Waals surface area contributed by atoms with E-state index in [4.69, 9.17) is 15.2 Å². The zero-order chi connectivity index (χ0) is 13.4. The Kier molecular flexibility index (Phi) is 5.86. The summed E-state index contributed by atoms with van der Waals surface area (Å²) in [7, 11) is 1.59. The molecular formula is C11H18N4O3. The molecule has 0 fully saturated rings. The summed E-state index contributed by atoms with van der Waals surface area (Å²) in [5.41, 5.74) is 5.57. The predicted molar refractivity (Wildman–Crippen MR) is 67.2 cm³/mol. The molecule has 1 rings (SSSR count). The van der Waals surface area contributed by atoms with Gasteiger partial charge in [-0.3, -0.25) is 9.78 Å². The molecule has 7 heteroatoms. The highest BCUT2D eigenvalue weighted by Crippen LogP contribution is 2.10. The lowest BCUT2D eigenvalue weighted by atomic mass is 10.4. The van der Waals surface area contributed by atoms with E-state index in [-0.39, 0.29) is 12.5 Å². The highest BCUT2D eigenvalue weighted by molar-refractivity contribution is 5.75. The average molecular weight is 254 g/mol. The van der Waals surface area contributed by atoms with E-state index in [9.17, 15) is 4.79 Å². The molecule has 0 amide bonds. The molecule has 0 aliphatic rings. The number of nitrogens with zero attached hydrogens (tertiary/aromatic N) is 3. The summed E-state index contributed by atoms with van der Waals surface area (Å²) < 4.78 is 9.90. The third-order valence-electron chi connectivity index (χ3n) is 2.16. The third kappa shape index (κ3) is 4.54. The zero-order valence-corrected chi connectivity index (χ0v) is 10.6. The van der Waals surface area contributed by atoms with Crippen molar-refractivity contribution < 1.29 is 14.3 Å². The van der Waals surface area contributed by atoms with Crippen molar-refractivity contribution in [1.29, 1.82) is 0 Å². The molecule has 0 aliphatic heterocycles. The van der Waals surface area contributed by atoms with Gasteiger partial charge in [0.25, 0.3) is 0 Å². The van der Waals surface area contributed by atoms with Crippen molar-refractivity contribution in [1.82, 2.24) is 9.97 Å². The smallest absolute Gasteiger partial charge is 0.325 e. The maximum atomic E-state index is 11.5. The summed E-state index contributed by atoms with van der Waals surface area (Å²) in [6.07, 6.45) is 2.99. The number of esters is 1. The quantitative estimate of drug-likeness (QED) is 0.689. The summed E-state index contributed by atoms with van der Waals surface area (Å²) >= 11 is 0. The van der Waals surface area contributed by atoms with Gasteiger partial charge in [-0.1, -0.05) is 0 Å². The van der Waals surface area contributed by atoms with Gasteiger partial charge in [0.15, 0.2) is 0 Å². The van der Waals surface area contributed by atoms with Crippen molar-refractivity contribution in [2.75, 3.05) is 44.0 Å². The van der Waals surface area contributed by atoms with Crippen LogP contribution in [-0.4, -0.2) is 49.4 Å². The number of anilines is 2. The molecule has 0 saturated carbocycles. The van der Waals surface area contributed by atoms with Gasteiger partial charge in [-0.05, 0) is 6.92 Å². The van der Waals surface area contributed by atoms with Gasteiger partial charge in [-0.15, -0.1) is 0 Å². The molecule has 0 radical (unpaired) electrons. The van der Waals surface area contributed by atoms with Gasteiger partial charge in [0, 0.05) is 13.7 Å². The highest BCUT2D eigenvalue weighted by atomic mass is 16.5. The first-order valence-electron chi connectivity index (χ1n) is 5.64. The van der Waals surface area contributed by atoms with Crippen LogP contribution in [0.15, 0.2) is 12.4 Å². The lowest BCUT2D eigenvalue weighted by molar-refractivity contribution is -0.141. The van der Waals surface area contributed by atoms with Gasteiger partial charge in [0.05, 0.1) is 25.6 Å². The molecule has 1 aromatic rings. The normalized spacial score (nSPS) is 10.1. The fraction of sp³-hybridized carbons (Fsp3) is 0.545. The van der Waals surface area contributed by atoms with E-state index in [2.05, 4.69) is 9.97 Å². The van der Waals surface area contributed by atoms with Crippen LogP contribution in [0.1, 0.15) is 6.92 Å². The maximum absolute atomic E-state index is 11.5. The molecular weight excluding hydrogens is 236 g/mol. The molecule has 0 spiro atoms. The van der Waals surface area contributed by atoms with Crippen LogP contribution in [-0.2, 0) is 14.3 Å². The molecule has 0 atom stereocenters. The van der Waals surface area contributed by atoms with E-state index < -0.39 is 0 Å². The molecule has 0 bridgehead atoms. The number of rotatable bonds is 7. The first-order chi connectivity index (χ1) is 8.67. The Morgan fingerprint density at radius 3 is 2.89 bits per heavy atom. The number of hydrogen-bond acceptors (Lipinski definition) is 7. The van der Waals surface area contributed by atoms with Crippen molar-refractivity contribution >= 4 is 17.6 Å². The molecule has 18 heavy (non-hydrogen) atoms. The van der Waals surface area contributed by atoms with E-state index in [1.165, 1.54) is 6.20 Å². The Bertz CT molecular complexity index is 386. The van der Waals surface area contributed by atoms with Crippen LogP contribution in [0, 0.1) is 0 Å². The van der Waals surface area contributed by atoms with Gasteiger partial charge in [-0.25, -0.2) is 4.98 Å². The van der Waals surface area contributed by atoms with Crippen LogP contribution >= 0.6 is 0 Å². The molecule has 1 aromatic heterocycles. The lowest BCUT2D eigenvalue weighted by Gasteiger charge is -2.21. The van der Waals surface area contributed by atoms with E-state index in [1.807, 2.05) is 0 Å². The van der Waals surface area contributed by atoms with Crippen LogP contribution in [0.5, 0.6) is 0 Å². The standard InChI is InChI=1S/C11H18N4O3/c1-3-18-11(16)8-15(4-5-17-2)10-7-13-6-9(12)14-10/h6-7H,3-5,8H2,1-2H3,(H2,12,14). The van der Waals surface area contributed by atoms with Crippen LogP contribution in [0.3, 0.4) is 0 Å². The molecule has 0 saturated heterocycles. The molecule has 0 aliphatic carbocycles. The van der Waals surface area contributed by atoms with Gasteiger partial charge in [0.1, 0.15) is 18.2 Å². The number of nitrogens with two attached hydrogens (primary N) is 1. The second-order valence-electron chi connectivity index (χ2n) is 3.52. The van der Waals surface area contributed by atoms with Gasteiger partial charge < -0.3 is 20.1 Å². The fourth-order valence-corrected chi connectivity index (χ4v) is 1.36. The minimum Gasteiger partial charge on any atom is -0.465 e. The number of nitrogen functional groups attached to an aromatic ring is 1.